The van der Waals surface area contributed by atoms with E-state index in [1.807, 2.05) is 12.1 Å². The fraction of sp³-hybridized carbons (Fsp3) is 0.462. The van der Waals surface area contributed by atoms with E-state index in [2.05, 4.69) is 6.07 Å². The number of carbonyl (C=O) groups excluding carboxylic acids is 1. The first-order valence-corrected chi connectivity index (χ1v) is 6.11. The first kappa shape index (κ1) is 11.5. The number of Topliss-reactive ketones (excluding diaryl/α,β-unsaturated/α-hetero) is 1. The molecule has 2 nitrogen and oxygen atoms in total. The predicted molar refractivity (Wildman–Crippen MR) is 64.3 cm³/mol. The maximum atomic E-state index is 11.3. The first-order valence-electron chi connectivity index (χ1n) is 5.58. The highest BCUT2D eigenvalue weighted by Crippen LogP contribution is 2.26. The Hall–Kier alpha value is -1.02. The average Bonchev–Trinajstić information content (AvgIpc) is 2.75. The van der Waals surface area contributed by atoms with Crippen LogP contribution >= 0.6 is 11.6 Å². The smallest absolute Gasteiger partial charge is 0.187 e. The number of hydrogen-bond donors (Lipinski definition) is 0. The number of aryl methyl sites for hydroxylation is 2. The van der Waals surface area contributed by atoms with Gasteiger partial charge in [0.25, 0.3) is 0 Å². The SMILES string of the molecule is CC(Oc1ccc2c(c1)CCC2)C(=O)CCl. The van der Waals surface area contributed by atoms with E-state index in [0.29, 0.717) is 0 Å². The quantitative estimate of drug-likeness (QED) is 0.754. The van der Waals surface area contributed by atoms with E-state index in [4.69, 9.17) is 16.3 Å². The molecule has 0 aromatic heterocycles. The van der Waals surface area contributed by atoms with E-state index >= 15 is 0 Å². The summed E-state index contributed by atoms with van der Waals surface area (Å²) in [6.45, 7) is 1.73. The van der Waals surface area contributed by atoms with Gasteiger partial charge in [-0.2, -0.15) is 0 Å². The van der Waals surface area contributed by atoms with Gasteiger partial charge in [0.05, 0.1) is 5.88 Å². The van der Waals surface area contributed by atoms with Crippen LogP contribution in [0.1, 0.15) is 24.5 Å². The molecule has 0 heterocycles. The van der Waals surface area contributed by atoms with E-state index in [1.165, 1.54) is 17.5 Å². The molecule has 0 N–H and O–H groups in total. The topological polar surface area (TPSA) is 26.3 Å². The molecule has 86 valence electrons. The summed E-state index contributed by atoms with van der Waals surface area (Å²) in [4.78, 5) is 11.3. The highest BCUT2D eigenvalue weighted by atomic mass is 35.5. The maximum absolute atomic E-state index is 11.3. The van der Waals surface area contributed by atoms with Crippen LogP contribution in [0.3, 0.4) is 0 Å². The summed E-state index contributed by atoms with van der Waals surface area (Å²) < 4.78 is 5.56. The van der Waals surface area contributed by atoms with E-state index in [9.17, 15) is 4.79 Å². The second-order valence-corrected chi connectivity index (χ2v) is 4.41. The van der Waals surface area contributed by atoms with Crippen molar-refractivity contribution < 1.29 is 9.53 Å². The third-order valence-electron chi connectivity index (χ3n) is 2.97. The highest BCUT2D eigenvalue weighted by Gasteiger charge is 2.15. The minimum atomic E-state index is -0.461. The normalized spacial score (nSPS) is 15.6. The molecular weight excluding hydrogens is 224 g/mol. The lowest BCUT2D eigenvalue weighted by Crippen LogP contribution is -2.24. The number of fused-ring (bicyclic) bond motifs is 1. The summed E-state index contributed by atoms with van der Waals surface area (Å²) in [5.41, 5.74) is 2.76. The van der Waals surface area contributed by atoms with Crippen molar-refractivity contribution in [3.63, 3.8) is 0 Å². The largest absolute Gasteiger partial charge is 0.483 e. The summed E-state index contributed by atoms with van der Waals surface area (Å²) in [6, 6.07) is 6.07. The molecule has 16 heavy (non-hydrogen) atoms. The van der Waals surface area contributed by atoms with Crippen molar-refractivity contribution in [2.75, 3.05) is 5.88 Å². The molecule has 0 spiro atoms. The molecular formula is C13H15ClO2. The van der Waals surface area contributed by atoms with E-state index in [1.54, 1.807) is 6.92 Å². The Balaban J connectivity index is 2.08. The molecule has 0 fully saturated rings. The number of ether oxygens (including phenoxy) is 1. The van der Waals surface area contributed by atoms with Gasteiger partial charge in [0.15, 0.2) is 11.9 Å². The average molecular weight is 239 g/mol. The fourth-order valence-corrected chi connectivity index (χ4v) is 2.22. The third kappa shape index (κ3) is 2.38. The number of carbonyl (C=O) groups is 1. The van der Waals surface area contributed by atoms with Gasteiger partial charge in [-0.1, -0.05) is 6.07 Å². The molecule has 0 radical (unpaired) electrons. The van der Waals surface area contributed by atoms with Crippen molar-refractivity contribution in [3.8, 4) is 5.75 Å². The van der Waals surface area contributed by atoms with Gasteiger partial charge in [-0.15, -0.1) is 11.6 Å². The van der Waals surface area contributed by atoms with Gasteiger partial charge in [0.2, 0.25) is 0 Å². The summed E-state index contributed by atoms with van der Waals surface area (Å²) in [5, 5.41) is 0. The Morgan fingerprint density at radius 3 is 2.94 bits per heavy atom. The molecule has 3 heteroatoms. The molecule has 1 atom stereocenters. The maximum Gasteiger partial charge on any atom is 0.187 e. The Bertz CT molecular complexity index is 401. The monoisotopic (exact) mass is 238 g/mol. The summed E-state index contributed by atoms with van der Waals surface area (Å²) in [5.74, 6) is 0.695. The van der Waals surface area contributed by atoms with Crippen LogP contribution in [0.2, 0.25) is 0 Å². The molecule has 1 aromatic rings. The van der Waals surface area contributed by atoms with Gasteiger partial charge in [0.1, 0.15) is 5.75 Å². The molecule has 0 saturated heterocycles. The Morgan fingerprint density at radius 2 is 2.19 bits per heavy atom. The van der Waals surface area contributed by atoms with Crippen molar-refractivity contribution >= 4 is 17.4 Å². The zero-order valence-corrected chi connectivity index (χ0v) is 10.1. The molecule has 1 unspecified atom stereocenters. The van der Waals surface area contributed by atoms with Gasteiger partial charge in [-0.25, -0.2) is 0 Å². The lowest BCUT2D eigenvalue weighted by molar-refractivity contribution is -0.122. The van der Waals surface area contributed by atoms with Gasteiger partial charge in [-0.3, -0.25) is 4.79 Å². The zero-order chi connectivity index (χ0) is 11.5. The molecule has 0 amide bonds. The molecule has 1 aromatic carbocycles. The van der Waals surface area contributed by atoms with Crippen LogP contribution in [0.5, 0.6) is 5.75 Å². The molecule has 0 saturated carbocycles. The molecule has 2 rings (SSSR count). The van der Waals surface area contributed by atoms with Crippen LogP contribution in [0, 0.1) is 0 Å². The van der Waals surface area contributed by atoms with Crippen molar-refractivity contribution in [1.29, 1.82) is 0 Å². The summed E-state index contributed by atoms with van der Waals surface area (Å²) >= 11 is 5.48. The summed E-state index contributed by atoms with van der Waals surface area (Å²) in [7, 11) is 0. The van der Waals surface area contributed by atoms with Crippen LogP contribution in [0.25, 0.3) is 0 Å². The standard InChI is InChI=1S/C13H15ClO2/c1-9(13(15)8-14)16-12-6-5-10-3-2-4-11(10)7-12/h5-7,9H,2-4,8H2,1H3. The number of ketones is 1. The van der Waals surface area contributed by atoms with Crippen LogP contribution in [0.15, 0.2) is 18.2 Å². The number of benzene rings is 1. The van der Waals surface area contributed by atoms with Crippen LogP contribution < -0.4 is 4.74 Å². The van der Waals surface area contributed by atoms with E-state index < -0.39 is 6.10 Å². The van der Waals surface area contributed by atoms with E-state index in [-0.39, 0.29) is 11.7 Å². The second-order valence-electron chi connectivity index (χ2n) is 4.14. The molecule has 1 aliphatic rings. The molecule has 0 aliphatic heterocycles. The zero-order valence-electron chi connectivity index (χ0n) is 9.33. The summed E-state index contributed by atoms with van der Waals surface area (Å²) in [6.07, 6.45) is 3.03. The van der Waals surface area contributed by atoms with Gasteiger partial charge in [-0.05, 0) is 49.4 Å². The minimum Gasteiger partial charge on any atom is -0.483 e. The number of hydrogen-bond acceptors (Lipinski definition) is 2. The van der Waals surface area contributed by atoms with Crippen LogP contribution in [0.4, 0.5) is 0 Å². The third-order valence-corrected chi connectivity index (χ3v) is 3.23. The lowest BCUT2D eigenvalue weighted by atomic mass is 10.1. The van der Waals surface area contributed by atoms with E-state index in [0.717, 1.165) is 18.6 Å². The van der Waals surface area contributed by atoms with Gasteiger partial charge in [0, 0.05) is 0 Å². The number of halogens is 1. The van der Waals surface area contributed by atoms with Crippen molar-refractivity contribution in [2.24, 2.45) is 0 Å². The van der Waals surface area contributed by atoms with Crippen LogP contribution in [-0.4, -0.2) is 17.8 Å². The second kappa shape index (κ2) is 4.88. The van der Waals surface area contributed by atoms with Crippen molar-refractivity contribution in [3.05, 3.63) is 29.3 Å². The first-order chi connectivity index (χ1) is 7.70. The lowest BCUT2D eigenvalue weighted by Gasteiger charge is -2.13. The van der Waals surface area contributed by atoms with Gasteiger partial charge < -0.3 is 4.74 Å². The van der Waals surface area contributed by atoms with Crippen molar-refractivity contribution in [1.82, 2.24) is 0 Å². The predicted octanol–water partition coefficient (Wildman–Crippen LogP) is 2.75. The molecule has 0 bridgehead atoms. The Kier molecular flexibility index (Phi) is 3.49. The molecule has 1 aliphatic carbocycles. The van der Waals surface area contributed by atoms with Crippen LogP contribution in [-0.2, 0) is 17.6 Å². The fourth-order valence-electron chi connectivity index (χ4n) is 2.00. The highest BCUT2D eigenvalue weighted by molar-refractivity contribution is 6.28. The van der Waals surface area contributed by atoms with Crippen molar-refractivity contribution in [2.45, 2.75) is 32.3 Å². The Morgan fingerprint density at radius 1 is 1.44 bits per heavy atom. The number of alkyl halides is 1. The number of rotatable bonds is 4. The Labute approximate surface area is 101 Å². The minimum absolute atomic E-state index is 0.00606. The van der Waals surface area contributed by atoms with Gasteiger partial charge >= 0.3 is 0 Å².